The summed E-state index contributed by atoms with van der Waals surface area (Å²) in [5.74, 6) is 0.977. The zero-order valence-electron chi connectivity index (χ0n) is 10.2. The summed E-state index contributed by atoms with van der Waals surface area (Å²) >= 11 is 0. The molecular formula is C12H24N2O. The third-order valence-electron chi connectivity index (χ3n) is 3.53. The molecule has 1 rings (SSSR count). The van der Waals surface area contributed by atoms with Gasteiger partial charge in [0.05, 0.1) is 0 Å². The summed E-state index contributed by atoms with van der Waals surface area (Å²) in [6.45, 7) is 8.00. The van der Waals surface area contributed by atoms with E-state index in [1.165, 1.54) is 6.42 Å². The Balaban J connectivity index is 2.13. The quantitative estimate of drug-likeness (QED) is 0.701. The first-order valence-electron chi connectivity index (χ1n) is 5.95. The molecule has 0 radical (unpaired) electrons. The van der Waals surface area contributed by atoms with Crippen LogP contribution in [0.25, 0.3) is 0 Å². The van der Waals surface area contributed by atoms with Crippen molar-refractivity contribution in [3.63, 3.8) is 0 Å². The minimum Gasteiger partial charge on any atom is -0.356 e. The average molecular weight is 212 g/mol. The molecule has 0 aromatic heterocycles. The molecule has 3 N–H and O–H groups in total. The van der Waals surface area contributed by atoms with Crippen LogP contribution in [0.1, 0.15) is 40.0 Å². The fourth-order valence-corrected chi connectivity index (χ4v) is 1.88. The summed E-state index contributed by atoms with van der Waals surface area (Å²) in [6.07, 6.45) is 3.07. The van der Waals surface area contributed by atoms with Gasteiger partial charge in [0.15, 0.2) is 0 Å². The van der Waals surface area contributed by atoms with Crippen molar-refractivity contribution < 1.29 is 4.79 Å². The third-order valence-corrected chi connectivity index (χ3v) is 3.53. The average Bonchev–Trinajstić information content (AvgIpc) is 2.79. The van der Waals surface area contributed by atoms with Crippen LogP contribution in [0.2, 0.25) is 0 Å². The molecular weight excluding hydrogens is 188 g/mol. The van der Waals surface area contributed by atoms with Crippen molar-refractivity contribution in [1.29, 1.82) is 0 Å². The topological polar surface area (TPSA) is 55.1 Å². The van der Waals surface area contributed by atoms with Crippen LogP contribution in [0.3, 0.4) is 0 Å². The van der Waals surface area contributed by atoms with Gasteiger partial charge in [-0.25, -0.2) is 0 Å². The number of nitrogens with two attached hydrogens (primary N) is 1. The van der Waals surface area contributed by atoms with Gasteiger partial charge in [0.1, 0.15) is 0 Å². The molecule has 1 aliphatic carbocycles. The largest absolute Gasteiger partial charge is 0.356 e. The lowest BCUT2D eigenvalue weighted by molar-refractivity contribution is -0.124. The second-order valence-electron chi connectivity index (χ2n) is 5.47. The fraction of sp³-hybridized carbons (Fsp3) is 0.917. The highest BCUT2D eigenvalue weighted by Gasteiger charge is 2.45. The smallest absolute Gasteiger partial charge is 0.222 e. The molecule has 0 heterocycles. The predicted octanol–water partition coefficient (Wildman–Crippen LogP) is 1.52. The van der Waals surface area contributed by atoms with Gasteiger partial charge in [-0.1, -0.05) is 20.8 Å². The molecule has 0 spiro atoms. The van der Waals surface area contributed by atoms with E-state index in [9.17, 15) is 4.79 Å². The highest BCUT2D eigenvalue weighted by Crippen LogP contribution is 2.50. The van der Waals surface area contributed by atoms with Crippen molar-refractivity contribution in [1.82, 2.24) is 5.32 Å². The Hall–Kier alpha value is -0.570. The minimum atomic E-state index is 0.107. The maximum absolute atomic E-state index is 11.6. The molecule has 1 amide bonds. The number of nitrogens with one attached hydrogen (secondary N) is 1. The Labute approximate surface area is 92.8 Å². The zero-order valence-corrected chi connectivity index (χ0v) is 10.2. The number of rotatable bonds is 6. The standard InChI is InChI=1S/C12H24N2O/c1-9(5-4-6-13)11(15)14-8-10-7-12(10,2)3/h9-10H,4-8,13H2,1-3H3,(H,14,15). The summed E-state index contributed by atoms with van der Waals surface area (Å²) < 4.78 is 0. The molecule has 15 heavy (non-hydrogen) atoms. The summed E-state index contributed by atoms with van der Waals surface area (Å²) in [7, 11) is 0. The molecule has 1 fully saturated rings. The second-order valence-corrected chi connectivity index (χ2v) is 5.47. The Kier molecular flexibility index (Phi) is 4.14. The molecule has 0 bridgehead atoms. The first-order valence-corrected chi connectivity index (χ1v) is 5.95. The first kappa shape index (κ1) is 12.5. The minimum absolute atomic E-state index is 0.107. The molecule has 1 saturated carbocycles. The van der Waals surface area contributed by atoms with E-state index in [2.05, 4.69) is 19.2 Å². The van der Waals surface area contributed by atoms with E-state index < -0.39 is 0 Å². The predicted molar refractivity (Wildman–Crippen MR) is 62.4 cm³/mol. The maximum atomic E-state index is 11.6. The second kappa shape index (κ2) is 4.97. The van der Waals surface area contributed by atoms with Crippen LogP contribution >= 0.6 is 0 Å². The van der Waals surface area contributed by atoms with Crippen molar-refractivity contribution in [3.8, 4) is 0 Å². The van der Waals surface area contributed by atoms with Crippen molar-refractivity contribution in [2.45, 2.75) is 40.0 Å². The van der Waals surface area contributed by atoms with E-state index in [1.807, 2.05) is 6.92 Å². The highest BCUT2D eigenvalue weighted by atomic mass is 16.1. The number of amides is 1. The molecule has 0 aromatic rings. The molecule has 0 aliphatic heterocycles. The molecule has 2 atom stereocenters. The molecule has 2 unspecified atom stereocenters. The summed E-state index contributed by atoms with van der Waals surface area (Å²) in [4.78, 5) is 11.6. The van der Waals surface area contributed by atoms with Crippen molar-refractivity contribution in [2.24, 2.45) is 23.0 Å². The van der Waals surface area contributed by atoms with E-state index in [0.717, 1.165) is 19.4 Å². The summed E-state index contributed by atoms with van der Waals surface area (Å²) in [5, 5.41) is 3.03. The van der Waals surface area contributed by atoms with E-state index in [0.29, 0.717) is 17.9 Å². The first-order chi connectivity index (χ1) is 6.97. The molecule has 1 aliphatic rings. The molecule has 0 aromatic carbocycles. The monoisotopic (exact) mass is 212 g/mol. The Morgan fingerprint density at radius 3 is 2.67 bits per heavy atom. The fourth-order valence-electron chi connectivity index (χ4n) is 1.88. The Morgan fingerprint density at radius 1 is 1.60 bits per heavy atom. The van der Waals surface area contributed by atoms with Gasteiger partial charge >= 0.3 is 0 Å². The molecule has 3 heteroatoms. The maximum Gasteiger partial charge on any atom is 0.222 e. The number of hydrogen-bond acceptors (Lipinski definition) is 2. The van der Waals surface area contributed by atoms with E-state index in [-0.39, 0.29) is 11.8 Å². The van der Waals surface area contributed by atoms with Crippen LogP contribution in [0.15, 0.2) is 0 Å². The van der Waals surface area contributed by atoms with Crippen LogP contribution in [0, 0.1) is 17.3 Å². The van der Waals surface area contributed by atoms with Crippen LogP contribution in [0.4, 0.5) is 0 Å². The summed E-state index contributed by atoms with van der Waals surface area (Å²) in [6, 6.07) is 0. The zero-order chi connectivity index (χ0) is 11.5. The SMILES string of the molecule is CC(CCCN)C(=O)NCC1CC1(C)C. The van der Waals surface area contributed by atoms with Gasteiger partial charge < -0.3 is 11.1 Å². The van der Waals surface area contributed by atoms with Gasteiger partial charge in [-0.15, -0.1) is 0 Å². The van der Waals surface area contributed by atoms with Crippen LogP contribution in [-0.4, -0.2) is 19.0 Å². The van der Waals surface area contributed by atoms with Gasteiger partial charge in [0.2, 0.25) is 5.91 Å². The van der Waals surface area contributed by atoms with Crippen LogP contribution in [-0.2, 0) is 4.79 Å². The number of carbonyl (C=O) groups excluding carboxylic acids is 1. The number of carbonyl (C=O) groups is 1. The Bertz CT molecular complexity index is 226. The van der Waals surface area contributed by atoms with E-state index in [4.69, 9.17) is 5.73 Å². The highest BCUT2D eigenvalue weighted by molar-refractivity contribution is 5.78. The lowest BCUT2D eigenvalue weighted by Crippen LogP contribution is -2.31. The van der Waals surface area contributed by atoms with Gasteiger partial charge in [0, 0.05) is 12.5 Å². The Morgan fingerprint density at radius 2 is 2.20 bits per heavy atom. The van der Waals surface area contributed by atoms with Crippen LogP contribution < -0.4 is 11.1 Å². The van der Waals surface area contributed by atoms with E-state index in [1.54, 1.807) is 0 Å². The lowest BCUT2D eigenvalue weighted by atomic mass is 10.0. The van der Waals surface area contributed by atoms with Gasteiger partial charge in [-0.05, 0) is 37.1 Å². The third kappa shape index (κ3) is 3.82. The van der Waals surface area contributed by atoms with Crippen molar-refractivity contribution >= 4 is 5.91 Å². The number of hydrogen-bond donors (Lipinski definition) is 2. The molecule has 3 nitrogen and oxygen atoms in total. The van der Waals surface area contributed by atoms with Gasteiger partial charge in [-0.2, -0.15) is 0 Å². The van der Waals surface area contributed by atoms with Crippen molar-refractivity contribution in [2.75, 3.05) is 13.1 Å². The van der Waals surface area contributed by atoms with E-state index >= 15 is 0 Å². The lowest BCUT2D eigenvalue weighted by Gasteiger charge is -2.12. The molecule has 0 saturated heterocycles. The van der Waals surface area contributed by atoms with Crippen LogP contribution in [0.5, 0.6) is 0 Å². The summed E-state index contributed by atoms with van der Waals surface area (Å²) in [5.41, 5.74) is 5.87. The molecule has 88 valence electrons. The van der Waals surface area contributed by atoms with Gasteiger partial charge in [0.25, 0.3) is 0 Å². The van der Waals surface area contributed by atoms with Gasteiger partial charge in [-0.3, -0.25) is 4.79 Å². The van der Waals surface area contributed by atoms with Crippen molar-refractivity contribution in [3.05, 3.63) is 0 Å². The normalized spacial score (nSPS) is 24.7.